The van der Waals surface area contributed by atoms with Gasteiger partial charge in [0.05, 0.1) is 13.7 Å². The van der Waals surface area contributed by atoms with E-state index in [1.165, 1.54) is 32.8 Å². The summed E-state index contributed by atoms with van der Waals surface area (Å²) >= 11 is 0. The summed E-state index contributed by atoms with van der Waals surface area (Å²) in [5.41, 5.74) is 6.73. The Morgan fingerprint density at radius 1 is 1.15 bits per heavy atom. The van der Waals surface area contributed by atoms with Crippen LogP contribution in [0.4, 0.5) is 5.69 Å². The van der Waals surface area contributed by atoms with Gasteiger partial charge in [-0.2, -0.15) is 0 Å². The molecule has 0 radical (unpaired) electrons. The fourth-order valence-corrected chi connectivity index (χ4v) is 2.00. The smallest absolute Gasteiger partial charge is 0.341 e. The van der Waals surface area contributed by atoms with Crippen molar-refractivity contribution in [3.05, 3.63) is 23.8 Å². The number of hydrogen-bond acceptors (Lipinski definition) is 4. The monoisotopic (exact) mass is 279 g/mol. The van der Waals surface area contributed by atoms with E-state index >= 15 is 0 Å². The van der Waals surface area contributed by atoms with E-state index in [0.29, 0.717) is 23.6 Å². The second-order valence-electron chi connectivity index (χ2n) is 4.86. The van der Waals surface area contributed by atoms with Crippen LogP contribution in [0.25, 0.3) is 0 Å². The highest BCUT2D eigenvalue weighted by Crippen LogP contribution is 2.23. The molecule has 0 saturated heterocycles. The highest BCUT2D eigenvalue weighted by Gasteiger charge is 2.13. The number of rotatable bonds is 9. The zero-order valence-electron chi connectivity index (χ0n) is 12.5. The standard InChI is InChI=1S/C16H25NO3/c1-3-4-5-6-7-8-11-20-15-12-13(17)9-10-14(15)16(18)19-2/h9-10,12H,3-8,11,17H2,1-2H3. The van der Waals surface area contributed by atoms with Gasteiger partial charge in [0.15, 0.2) is 0 Å². The predicted molar refractivity (Wildman–Crippen MR) is 81.1 cm³/mol. The summed E-state index contributed by atoms with van der Waals surface area (Å²) in [6.45, 7) is 2.80. The van der Waals surface area contributed by atoms with E-state index in [4.69, 9.17) is 15.2 Å². The lowest BCUT2D eigenvalue weighted by Crippen LogP contribution is -2.07. The van der Waals surface area contributed by atoms with Crippen molar-refractivity contribution in [1.29, 1.82) is 0 Å². The largest absolute Gasteiger partial charge is 0.493 e. The maximum Gasteiger partial charge on any atom is 0.341 e. The van der Waals surface area contributed by atoms with E-state index in [2.05, 4.69) is 6.92 Å². The van der Waals surface area contributed by atoms with Crippen LogP contribution in [-0.2, 0) is 4.74 Å². The van der Waals surface area contributed by atoms with Crippen LogP contribution in [0, 0.1) is 0 Å². The highest BCUT2D eigenvalue weighted by atomic mass is 16.5. The number of methoxy groups -OCH3 is 1. The van der Waals surface area contributed by atoms with Gasteiger partial charge in [0.2, 0.25) is 0 Å². The fourth-order valence-electron chi connectivity index (χ4n) is 2.00. The van der Waals surface area contributed by atoms with Crippen molar-refractivity contribution < 1.29 is 14.3 Å². The Hall–Kier alpha value is -1.71. The fraction of sp³-hybridized carbons (Fsp3) is 0.562. The second-order valence-corrected chi connectivity index (χ2v) is 4.86. The van der Waals surface area contributed by atoms with Gasteiger partial charge in [0.25, 0.3) is 0 Å². The average Bonchev–Trinajstić information content (AvgIpc) is 2.45. The zero-order chi connectivity index (χ0) is 14.8. The number of nitrogen functional groups attached to an aromatic ring is 1. The van der Waals surface area contributed by atoms with Crippen molar-refractivity contribution in [2.75, 3.05) is 19.5 Å². The van der Waals surface area contributed by atoms with E-state index in [1.807, 2.05) is 0 Å². The Balaban J connectivity index is 2.42. The maximum atomic E-state index is 11.6. The molecule has 0 bridgehead atoms. The molecule has 0 aliphatic heterocycles. The lowest BCUT2D eigenvalue weighted by molar-refractivity contribution is 0.0596. The molecular weight excluding hydrogens is 254 g/mol. The third kappa shape index (κ3) is 5.51. The molecule has 0 aliphatic carbocycles. The first-order chi connectivity index (χ1) is 9.69. The minimum Gasteiger partial charge on any atom is -0.493 e. The first kappa shape index (κ1) is 16.3. The number of ether oxygens (including phenoxy) is 2. The third-order valence-electron chi connectivity index (χ3n) is 3.17. The van der Waals surface area contributed by atoms with Crippen LogP contribution < -0.4 is 10.5 Å². The molecule has 0 unspecified atom stereocenters. The van der Waals surface area contributed by atoms with Gasteiger partial charge in [-0.3, -0.25) is 0 Å². The lowest BCUT2D eigenvalue weighted by Gasteiger charge is -2.11. The summed E-state index contributed by atoms with van der Waals surface area (Å²) in [5, 5.41) is 0. The van der Waals surface area contributed by atoms with Crippen molar-refractivity contribution in [1.82, 2.24) is 0 Å². The molecule has 4 heteroatoms. The second kappa shape index (κ2) is 9.23. The van der Waals surface area contributed by atoms with E-state index in [-0.39, 0.29) is 0 Å². The molecule has 4 nitrogen and oxygen atoms in total. The normalized spacial score (nSPS) is 10.3. The molecule has 0 spiro atoms. The Morgan fingerprint density at radius 2 is 1.85 bits per heavy atom. The number of anilines is 1. The number of benzene rings is 1. The minimum atomic E-state index is -0.400. The number of carbonyl (C=O) groups is 1. The summed E-state index contributed by atoms with van der Waals surface area (Å²) in [5.74, 6) is 0.105. The Kier molecular flexibility index (Phi) is 7.55. The van der Waals surface area contributed by atoms with E-state index in [0.717, 1.165) is 12.8 Å². The van der Waals surface area contributed by atoms with Crippen molar-refractivity contribution in [2.45, 2.75) is 45.4 Å². The Bertz CT molecular complexity index is 418. The van der Waals surface area contributed by atoms with Gasteiger partial charge in [-0.25, -0.2) is 4.79 Å². The van der Waals surface area contributed by atoms with Gasteiger partial charge < -0.3 is 15.2 Å². The average molecular weight is 279 g/mol. The van der Waals surface area contributed by atoms with Crippen molar-refractivity contribution >= 4 is 11.7 Å². The number of hydrogen-bond donors (Lipinski definition) is 1. The van der Waals surface area contributed by atoms with Crippen LogP contribution in [0.1, 0.15) is 55.8 Å². The van der Waals surface area contributed by atoms with E-state index < -0.39 is 5.97 Å². The van der Waals surface area contributed by atoms with Crippen LogP contribution in [0.2, 0.25) is 0 Å². The molecule has 0 fully saturated rings. The molecule has 112 valence electrons. The van der Waals surface area contributed by atoms with Crippen LogP contribution in [0.5, 0.6) is 5.75 Å². The van der Waals surface area contributed by atoms with Gasteiger partial charge in [0.1, 0.15) is 11.3 Å². The third-order valence-corrected chi connectivity index (χ3v) is 3.17. The van der Waals surface area contributed by atoms with Crippen LogP contribution in [-0.4, -0.2) is 19.7 Å². The van der Waals surface area contributed by atoms with Crippen LogP contribution >= 0.6 is 0 Å². The minimum absolute atomic E-state index is 0.400. The van der Waals surface area contributed by atoms with Crippen molar-refractivity contribution in [3.8, 4) is 5.75 Å². The van der Waals surface area contributed by atoms with E-state index in [1.54, 1.807) is 18.2 Å². The van der Waals surface area contributed by atoms with Crippen LogP contribution in [0.3, 0.4) is 0 Å². The molecule has 0 amide bonds. The molecule has 0 aliphatic rings. The maximum absolute atomic E-state index is 11.6. The lowest BCUT2D eigenvalue weighted by atomic mass is 10.1. The molecule has 1 aromatic carbocycles. The Morgan fingerprint density at radius 3 is 2.55 bits per heavy atom. The number of esters is 1. The molecule has 20 heavy (non-hydrogen) atoms. The SMILES string of the molecule is CCCCCCCCOc1cc(N)ccc1C(=O)OC. The molecule has 0 aromatic heterocycles. The molecular formula is C16H25NO3. The molecule has 0 saturated carbocycles. The number of nitrogens with two attached hydrogens (primary N) is 1. The van der Waals surface area contributed by atoms with Gasteiger partial charge in [-0.05, 0) is 18.6 Å². The first-order valence-electron chi connectivity index (χ1n) is 7.29. The van der Waals surface area contributed by atoms with Gasteiger partial charge in [-0.1, -0.05) is 39.0 Å². The summed E-state index contributed by atoms with van der Waals surface area (Å²) in [4.78, 5) is 11.6. The topological polar surface area (TPSA) is 61.5 Å². The number of carbonyl (C=O) groups excluding carboxylic acids is 1. The molecule has 0 heterocycles. The summed E-state index contributed by atoms with van der Waals surface area (Å²) in [6.07, 6.45) is 7.19. The number of unbranched alkanes of at least 4 members (excludes halogenated alkanes) is 5. The Labute approximate surface area is 121 Å². The predicted octanol–water partition coefficient (Wildman–Crippen LogP) is 3.79. The van der Waals surface area contributed by atoms with Gasteiger partial charge in [0, 0.05) is 11.8 Å². The molecule has 2 N–H and O–H groups in total. The quantitative estimate of drug-likeness (QED) is 0.424. The van der Waals surface area contributed by atoms with E-state index in [9.17, 15) is 4.79 Å². The molecule has 1 aromatic rings. The first-order valence-corrected chi connectivity index (χ1v) is 7.29. The molecule has 1 rings (SSSR count). The van der Waals surface area contributed by atoms with Crippen LogP contribution in [0.15, 0.2) is 18.2 Å². The summed E-state index contributed by atoms with van der Waals surface area (Å²) in [7, 11) is 1.36. The van der Waals surface area contributed by atoms with Crippen molar-refractivity contribution in [2.24, 2.45) is 0 Å². The molecule has 0 atom stereocenters. The summed E-state index contributed by atoms with van der Waals surface area (Å²) in [6, 6.07) is 4.98. The summed E-state index contributed by atoms with van der Waals surface area (Å²) < 4.78 is 10.4. The van der Waals surface area contributed by atoms with Crippen molar-refractivity contribution in [3.63, 3.8) is 0 Å². The highest BCUT2D eigenvalue weighted by molar-refractivity contribution is 5.93. The van der Waals surface area contributed by atoms with Gasteiger partial charge >= 0.3 is 5.97 Å². The zero-order valence-corrected chi connectivity index (χ0v) is 12.5. The van der Waals surface area contributed by atoms with Gasteiger partial charge in [-0.15, -0.1) is 0 Å².